The van der Waals surface area contributed by atoms with Crippen LogP contribution in [-0.2, 0) is 4.74 Å². The van der Waals surface area contributed by atoms with Crippen LogP contribution in [-0.4, -0.2) is 31.7 Å². The number of carbonyl (C=O) groups excluding carboxylic acids is 1. The van der Waals surface area contributed by atoms with E-state index in [-0.39, 0.29) is 27.7 Å². The first kappa shape index (κ1) is 16.3. The van der Waals surface area contributed by atoms with Gasteiger partial charge >= 0.3 is 5.97 Å². The van der Waals surface area contributed by atoms with Gasteiger partial charge in [-0.1, -0.05) is 11.6 Å². The number of benzene rings is 1. The third-order valence-electron chi connectivity index (χ3n) is 2.33. The van der Waals surface area contributed by atoms with Crippen molar-refractivity contribution in [1.29, 1.82) is 10.7 Å². The van der Waals surface area contributed by atoms with Crippen LogP contribution in [0.25, 0.3) is 0 Å². The number of carbonyl (C=O) groups is 1. The first-order chi connectivity index (χ1) is 9.94. The average molecular weight is 310 g/mol. The summed E-state index contributed by atoms with van der Waals surface area (Å²) in [6.07, 6.45) is 0. The lowest BCUT2D eigenvalue weighted by atomic mass is 10.2. The first-order valence-electron chi connectivity index (χ1n) is 5.48. The molecule has 0 spiro atoms. The van der Waals surface area contributed by atoms with Gasteiger partial charge in [-0.05, 0) is 12.1 Å². The molecule has 9 heteroatoms. The normalized spacial score (nSPS) is 10.5. The molecule has 0 saturated carbocycles. The summed E-state index contributed by atoms with van der Waals surface area (Å²) >= 11 is 6.06. The zero-order chi connectivity index (χ0) is 16.0. The molecule has 1 rings (SSSR count). The summed E-state index contributed by atoms with van der Waals surface area (Å²) in [4.78, 5) is 11.6. The quantitative estimate of drug-likeness (QED) is 0.325. The third kappa shape index (κ3) is 3.84. The number of hydrogen-bond donors (Lipinski definition) is 3. The summed E-state index contributed by atoms with van der Waals surface area (Å²) in [6, 6.07) is 4.41. The van der Waals surface area contributed by atoms with Crippen LogP contribution >= 0.6 is 11.6 Å². The molecule has 0 amide bonds. The summed E-state index contributed by atoms with van der Waals surface area (Å²) in [7, 11) is 2.61. The average Bonchev–Trinajstić information content (AvgIpc) is 2.48. The number of anilines is 1. The van der Waals surface area contributed by atoms with Gasteiger partial charge < -0.3 is 15.2 Å². The minimum Gasteiger partial charge on any atom is -0.495 e. The van der Waals surface area contributed by atoms with Crippen LogP contribution < -0.4 is 15.9 Å². The van der Waals surface area contributed by atoms with Gasteiger partial charge in [-0.2, -0.15) is 10.4 Å². The Morgan fingerprint density at radius 1 is 1.52 bits per heavy atom. The second kappa shape index (κ2) is 7.12. The second-order valence-corrected chi connectivity index (χ2v) is 4.01. The molecule has 0 fully saturated rings. The van der Waals surface area contributed by atoms with E-state index >= 15 is 0 Å². The first-order valence-corrected chi connectivity index (χ1v) is 5.86. The maximum absolute atomic E-state index is 11.6. The Kier molecular flexibility index (Phi) is 5.51. The monoisotopic (exact) mass is 309 g/mol. The number of ether oxygens (including phenoxy) is 2. The standard InChI is InChI=1S/C12H12ClN5O3/c1-20-9-4-6(12(19)21-2)3-7(10(9)13)17-18-8(5-14)11(15)16/h3-4,17H,1-2H3,(H3,15,16)/b18-8+. The summed E-state index contributed by atoms with van der Waals surface area (Å²) < 4.78 is 9.65. The van der Waals surface area contributed by atoms with Gasteiger partial charge in [0, 0.05) is 0 Å². The van der Waals surface area contributed by atoms with E-state index in [0.29, 0.717) is 0 Å². The maximum Gasteiger partial charge on any atom is 0.338 e. The molecular formula is C12H12ClN5O3. The molecule has 0 bridgehead atoms. The number of nitriles is 1. The number of rotatable bonds is 5. The van der Waals surface area contributed by atoms with Crippen molar-refractivity contribution in [2.75, 3.05) is 19.6 Å². The van der Waals surface area contributed by atoms with Gasteiger partial charge in [0.1, 0.15) is 16.8 Å². The fourth-order valence-electron chi connectivity index (χ4n) is 1.33. The lowest BCUT2D eigenvalue weighted by Gasteiger charge is -2.11. The number of halogens is 1. The molecule has 0 aliphatic heterocycles. The molecule has 0 saturated heterocycles. The van der Waals surface area contributed by atoms with Gasteiger partial charge in [-0.15, -0.1) is 0 Å². The zero-order valence-corrected chi connectivity index (χ0v) is 12.0. The smallest absolute Gasteiger partial charge is 0.338 e. The predicted octanol–water partition coefficient (Wildman–Crippen LogP) is 1.36. The molecule has 0 atom stereocenters. The van der Waals surface area contributed by atoms with Crippen molar-refractivity contribution in [1.82, 2.24) is 0 Å². The van der Waals surface area contributed by atoms with E-state index in [0.717, 1.165) is 0 Å². The van der Waals surface area contributed by atoms with E-state index in [4.69, 9.17) is 32.7 Å². The van der Waals surface area contributed by atoms with Crippen LogP contribution in [0, 0.1) is 16.7 Å². The van der Waals surface area contributed by atoms with Gasteiger partial charge in [0.2, 0.25) is 5.71 Å². The molecule has 0 unspecified atom stereocenters. The van der Waals surface area contributed by atoms with Crippen LogP contribution in [0.4, 0.5) is 5.69 Å². The predicted molar refractivity (Wildman–Crippen MR) is 77.9 cm³/mol. The Bertz CT molecular complexity index is 651. The van der Waals surface area contributed by atoms with Crippen molar-refractivity contribution in [2.45, 2.75) is 0 Å². The third-order valence-corrected chi connectivity index (χ3v) is 2.72. The number of hydrazone groups is 1. The molecule has 0 aliphatic carbocycles. The highest BCUT2D eigenvalue weighted by Crippen LogP contribution is 2.34. The highest BCUT2D eigenvalue weighted by molar-refractivity contribution is 6.46. The molecule has 0 radical (unpaired) electrons. The van der Waals surface area contributed by atoms with Gasteiger partial charge in [-0.3, -0.25) is 10.8 Å². The van der Waals surface area contributed by atoms with Crippen molar-refractivity contribution in [3.8, 4) is 11.8 Å². The van der Waals surface area contributed by atoms with Crippen LogP contribution in [0.15, 0.2) is 17.2 Å². The van der Waals surface area contributed by atoms with E-state index in [9.17, 15) is 4.79 Å². The number of nitrogens with zero attached hydrogens (tertiary/aromatic N) is 2. The molecule has 1 aromatic carbocycles. The zero-order valence-electron chi connectivity index (χ0n) is 11.2. The van der Waals surface area contributed by atoms with Crippen molar-refractivity contribution in [3.05, 3.63) is 22.7 Å². The largest absolute Gasteiger partial charge is 0.495 e. The van der Waals surface area contributed by atoms with Gasteiger partial charge in [0.15, 0.2) is 5.84 Å². The molecule has 0 heterocycles. The van der Waals surface area contributed by atoms with Gasteiger partial charge in [0.25, 0.3) is 0 Å². The van der Waals surface area contributed by atoms with Gasteiger partial charge in [-0.25, -0.2) is 4.79 Å². The number of amidine groups is 1. The highest BCUT2D eigenvalue weighted by atomic mass is 35.5. The highest BCUT2D eigenvalue weighted by Gasteiger charge is 2.15. The minimum atomic E-state index is -0.593. The number of esters is 1. The van der Waals surface area contributed by atoms with Crippen molar-refractivity contribution in [3.63, 3.8) is 0 Å². The SMILES string of the molecule is COC(=O)c1cc(N/N=C(\C#N)C(=N)N)c(Cl)c(OC)c1. The van der Waals surface area contributed by atoms with E-state index in [1.165, 1.54) is 26.4 Å². The van der Waals surface area contributed by atoms with E-state index in [2.05, 4.69) is 15.3 Å². The van der Waals surface area contributed by atoms with Crippen molar-refractivity contribution in [2.24, 2.45) is 10.8 Å². The molecule has 8 nitrogen and oxygen atoms in total. The number of hydrogen-bond acceptors (Lipinski definition) is 7. The lowest BCUT2D eigenvalue weighted by molar-refractivity contribution is 0.0600. The number of nitrogens with two attached hydrogens (primary N) is 1. The molecule has 4 N–H and O–H groups in total. The molecule has 1 aromatic rings. The Balaban J connectivity index is 3.26. The fraction of sp³-hybridized carbons (Fsp3) is 0.167. The summed E-state index contributed by atoms with van der Waals surface area (Å²) in [5, 5.41) is 19.7. The number of methoxy groups -OCH3 is 2. The molecular weight excluding hydrogens is 298 g/mol. The Morgan fingerprint density at radius 2 is 2.19 bits per heavy atom. The fourth-order valence-corrected chi connectivity index (χ4v) is 1.55. The molecule has 0 aliphatic rings. The van der Waals surface area contributed by atoms with Crippen molar-refractivity contribution >= 4 is 34.8 Å². The Morgan fingerprint density at radius 3 is 2.67 bits per heavy atom. The van der Waals surface area contributed by atoms with Gasteiger partial charge in [0.05, 0.1) is 25.5 Å². The van der Waals surface area contributed by atoms with Crippen LogP contribution in [0.5, 0.6) is 5.75 Å². The second-order valence-electron chi connectivity index (χ2n) is 3.63. The van der Waals surface area contributed by atoms with Crippen LogP contribution in [0.2, 0.25) is 5.02 Å². The minimum absolute atomic E-state index is 0.148. The lowest BCUT2D eigenvalue weighted by Crippen LogP contribution is -2.22. The Labute approximate surface area is 125 Å². The van der Waals surface area contributed by atoms with E-state index in [1.807, 2.05) is 0 Å². The van der Waals surface area contributed by atoms with Crippen LogP contribution in [0.1, 0.15) is 10.4 Å². The molecule has 110 valence electrons. The maximum atomic E-state index is 11.6. The topological polar surface area (TPSA) is 134 Å². The molecule has 21 heavy (non-hydrogen) atoms. The summed E-state index contributed by atoms with van der Waals surface area (Å²) in [6.45, 7) is 0. The summed E-state index contributed by atoms with van der Waals surface area (Å²) in [5.74, 6) is -0.875. The van der Waals surface area contributed by atoms with Crippen molar-refractivity contribution < 1.29 is 14.3 Å². The molecule has 0 aromatic heterocycles. The van der Waals surface area contributed by atoms with Crippen LogP contribution in [0.3, 0.4) is 0 Å². The summed E-state index contributed by atoms with van der Waals surface area (Å²) in [5.41, 5.74) is 7.68. The van der Waals surface area contributed by atoms with E-state index in [1.54, 1.807) is 6.07 Å². The Hall–Kier alpha value is -2.79. The number of nitrogens with one attached hydrogen (secondary N) is 2. The van der Waals surface area contributed by atoms with E-state index < -0.39 is 11.8 Å².